The Bertz CT molecular complexity index is 1430. The molecule has 4 aromatic rings. The second-order valence-electron chi connectivity index (χ2n) is 8.47. The Morgan fingerprint density at radius 1 is 1.00 bits per heavy atom. The van der Waals surface area contributed by atoms with Gasteiger partial charge in [-0.2, -0.15) is 0 Å². The number of fused-ring (bicyclic) bond motifs is 2. The maximum atomic E-state index is 13.9. The summed E-state index contributed by atoms with van der Waals surface area (Å²) in [5.74, 6) is -0.496. The number of para-hydroxylation sites is 1. The van der Waals surface area contributed by atoms with Gasteiger partial charge in [-0.1, -0.05) is 48.0 Å². The number of hydrogen-bond acceptors (Lipinski definition) is 3. The normalized spacial score (nSPS) is 17.5. The van der Waals surface area contributed by atoms with Crippen molar-refractivity contribution in [1.29, 1.82) is 0 Å². The first-order valence-corrected chi connectivity index (χ1v) is 11.3. The van der Waals surface area contributed by atoms with Crippen molar-refractivity contribution >= 4 is 40.0 Å². The summed E-state index contributed by atoms with van der Waals surface area (Å²) < 4.78 is 7.45. The summed E-state index contributed by atoms with van der Waals surface area (Å²) in [4.78, 5) is 29.0. The molecule has 2 amide bonds. The van der Waals surface area contributed by atoms with Gasteiger partial charge in [-0.05, 0) is 35.9 Å². The number of rotatable bonds is 4. The van der Waals surface area contributed by atoms with Crippen LogP contribution in [0.4, 0.5) is 5.69 Å². The number of methoxy groups -OCH3 is 1. The Kier molecular flexibility index (Phi) is 5.54. The number of halogens is 1. The molecule has 0 spiro atoms. The number of likely N-dealkylation sites (N-methyl/N-ethyl adjacent to an activating group) is 1. The van der Waals surface area contributed by atoms with Gasteiger partial charge in [0.05, 0.1) is 24.8 Å². The van der Waals surface area contributed by atoms with Crippen LogP contribution in [-0.4, -0.2) is 35.4 Å². The SMILES string of the molecule is COc1ccc(Cl)cc1NC(=O)[C@@H]1c2ccccc2C(=O)N(C)[C@@H]1c1cn(C)c2ccccc12. The Balaban J connectivity index is 1.68. The van der Waals surface area contributed by atoms with Gasteiger partial charge in [0.2, 0.25) is 5.91 Å². The van der Waals surface area contributed by atoms with Crippen LogP contribution in [0.1, 0.15) is 33.4 Å². The van der Waals surface area contributed by atoms with Gasteiger partial charge in [-0.25, -0.2) is 0 Å². The lowest BCUT2D eigenvalue weighted by molar-refractivity contribution is -0.119. The molecule has 0 radical (unpaired) electrons. The van der Waals surface area contributed by atoms with E-state index in [2.05, 4.69) is 5.32 Å². The van der Waals surface area contributed by atoms with Gasteiger partial charge in [0, 0.05) is 47.3 Å². The molecule has 3 aromatic carbocycles. The van der Waals surface area contributed by atoms with Gasteiger partial charge in [0.1, 0.15) is 5.75 Å². The number of benzene rings is 3. The molecule has 172 valence electrons. The molecule has 0 fully saturated rings. The van der Waals surface area contributed by atoms with E-state index in [9.17, 15) is 9.59 Å². The fourth-order valence-corrected chi connectivity index (χ4v) is 5.11. The maximum Gasteiger partial charge on any atom is 0.254 e. The van der Waals surface area contributed by atoms with Crippen molar-refractivity contribution < 1.29 is 14.3 Å². The summed E-state index contributed by atoms with van der Waals surface area (Å²) in [5.41, 5.74) is 3.66. The van der Waals surface area contributed by atoms with Crippen molar-refractivity contribution in [3.05, 3.63) is 94.6 Å². The highest BCUT2D eigenvalue weighted by Gasteiger charge is 2.43. The van der Waals surface area contributed by atoms with E-state index < -0.39 is 12.0 Å². The molecule has 2 atom stereocenters. The Morgan fingerprint density at radius 3 is 2.53 bits per heavy atom. The van der Waals surface area contributed by atoms with E-state index in [4.69, 9.17) is 16.3 Å². The maximum absolute atomic E-state index is 13.9. The highest BCUT2D eigenvalue weighted by Crippen LogP contribution is 2.45. The third kappa shape index (κ3) is 3.51. The number of carbonyl (C=O) groups is 2. The van der Waals surface area contributed by atoms with E-state index >= 15 is 0 Å². The quantitative estimate of drug-likeness (QED) is 0.432. The van der Waals surface area contributed by atoms with Gasteiger partial charge in [0.15, 0.2) is 0 Å². The average molecular weight is 474 g/mol. The van der Waals surface area contributed by atoms with Crippen LogP contribution in [0.25, 0.3) is 10.9 Å². The molecule has 0 bridgehead atoms. The van der Waals surface area contributed by atoms with E-state index in [0.29, 0.717) is 27.6 Å². The Labute approximate surface area is 202 Å². The number of nitrogens with one attached hydrogen (secondary N) is 1. The summed E-state index contributed by atoms with van der Waals surface area (Å²) in [7, 11) is 5.27. The predicted molar refractivity (Wildman–Crippen MR) is 134 cm³/mol. The number of amides is 2. The molecule has 7 heteroatoms. The minimum atomic E-state index is -0.645. The third-order valence-electron chi connectivity index (χ3n) is 6.53. The summed E-state index contributed by atoms with van der Waals surface area (Å²) in [5, 5.41) is 4.50. The lowest BCUT2D eigenvalue weighted by atomic mass is 9.79. The van der Waals surface area contributed by atoms with Crippen LogP contribution in [0.2, 0.25) is 5.02 Å². The number of aromatic nitrogens is 1. The fourth-order valence-electron chi connectivity index (χ4n) is 4.94. The largest absolute Gasteiger partial charge is 0.495 e. The van der Waals surface area contributed by atoms with Gasteiger partial charge in [-0.3, -0.25) is 9.59 Å². The van der Waals surface area contributed by atoms with Crippen LogP contribution in [0.5, 0.6) is 5.75 Å². The van der Waals surface area contributed by atoms with Gasteiger partial charge in [-0.15, -0.1) is 0 Å². The number of aryl methyl sites for hydroxylation is 1. The van der Waals surface area contributed by atoms with Crippen LogP contribution in [0, 0.1) is 0 Å². The van der Waals surface area contributed by atoms with Gasteiger partial charge < -0.3 is 19.5 Å². The zero-order chi connectivity index (χ0) is 24.0. The molecule has 0 saturated carbocycles. The van der Waals surface area contributed by atoms with Crippen LogP contribution in [0.15, 0.2) is 72.9 Å². The van der Waals surface area contributed by atoms with Gasteiger partial charge >= 0.3 is 0 Å². The minimum absolute atomic E-state index is 0.113. The van der Waals surface area contributed by atoms with E-state index in [0.717, 1.165) is 16.5 Å². The summed E-state index contributed by atoms with van der Waals surface area (Å²) in [6.07, 6.45) is 2.01. The van der Waals surface area contributed by atoms with Crippen LogP contribution in [0.3, 0.4) is 0 Å². The van der Waals surface area contributed by atoms with Crippen LogP contribution in [-0.2, 0) is 11.8 Å². The summed E-state index contributed by atoms with van der Waals surface area (Å²) in [6.45, 7) is 0. The summed E-state index contributed by atoms with van der Waals surface area (Å²) in [6, 6.07) is 19.9. The van der Waals surface area contributed by atoms with Crippen molar-refractivity contribution in [2.24, 2.45) is 7.05 Å². The predicted octanol–water partition coefficient (Wildman–Crippen LogP) is 5.39. The molecule has 0 aliphatic carbocycles. The van der Waals surface area contributed by atoms with Crippen molar-refractivity contribution in [3.63, 3.8) is 0 Å². The molecule has 1 N–H and O–H groups in total. The second-order valence-corrected chi connectivity index (χ2v) is 8.91. The van der Waals surface area contributed by atoms with E-state index in [-0.39, 0.29) is 11.8 Å². The molecule has 1 aliphatic heterocycles. The monoisotopic (exact) mass is 473 g/mol. The standard InChI is InChI=1S/C27H24ClN3O3/c1-30-15-20(17-8-6-7-11-22(17)30)25-24(18-9-4-5-10-19(18)27(33)31(25)2)26(32)29-21-14-16(28)12-13-23(21)34-3/h4-15,24-25H,1-3H3,(H,29,32)/t24-,25-/m1/s1. The Hall–Kier alpha value is -3.77. The number of hydrogen-bond donors (Lipinski definition) is 1. The van der Waals surface area contributed by atoms with Crippen molar-refractivity contribution in [2.75, 3.05) is 19.5 Å². The molecular formula is C27H24ClN3O3. The van der Waals surface area contributed by atoms with Crippen LogP contribution < -0.4 is 10.1 Å². The lowest BCUT2D eigenvalue weighted by Gasteiger charge is -2.39. The zero-order valence-corrected chi connectivity index (χ0v) is 19.8. The number of anilines is 1. The van der Waals surface area contributed by atoms with Crippen molar-refractivity contribution in [2.45, 2.75) is 12.0 Å². The first-order valence-electron chi connectivity index (χ1n) is 10.9. The fraction of sp³-hybridized carbons (Fsp3) is 0.185. The van der Waals surface area contributed by atoms with Crippen molar-refractivity contribution in [3.8, 4) is 5.75 Å². The average Bonchev–Trinajstić information content (AvgIpc) is 3.17. The van der Waals surface area contributed by atoms with Crippen LogP contribution >= 0.6 is 11.6 Å². The molecule has 0 unspecified atom stereocenters. The molecule has 34 heavy (non-hydrogen) atoms. The third-order valence-corrected chi connectivity index (χ3v) is 6.76. The first kappa shape index (κ1) is 22.0. The molecule has 6 nitrogen and oxygen atoms in total. The summed E-state index contributed by atoms with van der Waals surface area (Å²) >= 11 is 6.20. The van der Waals surface area contributed by atoms with E-state index in [1.54, 1.807) is 43.3 Å². The molecular weight excluding hydrogens is 450 g/mol. The van der Waals surface area contributed by atoms with Gasteiger partial charge in [0.25, 0.3) is 5.91 Å². The minimum Gasteiger partial charge on any atom is -0.495 e. The zero-order valence-electron chi connectivity index (χ0n) is 19.1. The number of ether oxygens (including phenoxy) is 1. The smallest absolute Gasteiger partial charge is 0.254 e. The molecule has 5 rings (SSSR count). The van der Waals surface area contributed by atoms with E-state index in [1.165, 1.54) is 0 Å². The molecule has 2 heterocycles. The first-order chi connectivity index (χ1) is 16.4. The highest BCUT2D eigenvalue weighted by molar-refractivity contribution is 6.31. The highest BCUT2D eigenvalue weighted by atomic mass is 35.5. The molecule has 1 aromatic heterocycles. The Morgan fingerprint density at radius 2 is 1.74 bits per heavy atom. The topological polar surface area (TPSA) is 63.6 Å². The number of carbonyl (C=O) groups excluding carboxylic acids is 2. The number of nitrogens with zero attached hydrogens (tertiary/aromatic N) is 2. The second kappa shape index (κ2) is 8.54. The molecule has 0 saturated heterocycles. The van der Waals surface area contributed by atoms with E-state index in [1.807, 2.05) is 60.3 Å². The van der Waals surface area contributed by atoms with Crippen molar-refractivity contribution in [1.82, 2.24) is 9.47 Å². The lowest BCUT2D eigenvalue weighted by Crippen LogP contribution is -2.44. The molecule has 1 aliphatic rings.